The van der Waals surface area contributed by atoms with E-state index in [-0.39, 0.29) is 5.91 Å². The van der Waals surface area contributed by atoms with Crippen LogP contribution in [0.5, 0.6) is 5.75 Å². The highest BCUT2D eigenvalue weighted by Gasteiger charge is 2.08. The lowest BCUT2D eigenvalue weighted by molar-refractivity contribution is 0.103. The summed E-state index contributed by atoms with van der Waals surface area (Å²) in [7, 11) is 1.63. The van der Waals surface area contributed by atoms with Crippen LogP contribution in [0, 0.1) is 6.92 Å². The summed E-state index contributed by atoms with van der Waals surface area (Å²) >= 11 is 1.40. The third-order valence-electron chi connectivity index (χ3n) is 3.38. The number of benzene rings is 1. The quantitative estimate of drug-likeness (QED) is 0.720. The highest BCUT2D eigenvalue weighted by Crippen LogP contribution is 2.28. The largest absolute Gasteiger partial charge is 0.495 e. The molecule has 3 rings (SSSR count). The van der Waals surface area contributed by atoms with Gasteiger partial charge in [0.2, 0.25) is 0 Å². The molecular weight excluding hydrogens is 322 g/mol. The number of nitrogens with zero attached hydrogens (tertiary/aromatic N) is 1. The van der Waals surface area contributed by atoms with Crippen molar-refractivity contribution in [2.24, 2.45) is 0 Å². The van der Waals surface area contributed by atoms with Gasteiger partial charge in [-0.3, -0.25) is 4.79 Å². The summed E-state index contributed by atoms with van der Waals surface area (Å²) in [6.07, 6.45) is 1.62. The van der Waals surface area contributed by atoms with Gasteiger partial charge in [0.1, 0.15) is 11.6 Å². The van der Waals surface area contributed by atoms with Gasteiger partial charge < -0.3 is 15.4 Å². The first-order valence-corrected chi connectivity index (χ1v) is 8.26. The van der Waals surface area contributed by atoms with Crippen LogP contribution in [0.2, 0.25) is 0 Å². The van der Waals surface area contributed by atoms with Crippen LogP contribution in [-0.2, 0) is 0 Å². The van der Waals surface area contributed by atoms with Gasteiger partial charge in [0, 0.05) is 0 Å². The number of aromatic nitrogens is 1. The first-order chi connectivity index (χ1) is 11.7. The summed E-state index contributed by atoms with van der Waals surface area (Å²) in [5, 5.41) is 7.92. The molecule has 2 aromatic heterocycles. The molecule has 0 saturated carbocycles. The average Bonchev–Trinajstić information content (AvgIpc) is 3.11. The number of anilines is 3. The van der Waals surface area contributed by atoms with Crippen molar-refractivity contribution in [1.29, 1.82) is 0 Å². The topological polar surface area (TPSA) is 63.2 Å². The third kappa shape index (κ3) is 3.72. The number of amides is 1. The van der Waals surface area contributed by atoms with Gasteiger partial charge in [0.15, 0.2) is 0 Å². The molecule has 0 atom stereocenters. The van der Waals surface area contributed by atoms with E-state index in [0.717, 1.165) is 17.0 Å². The molecule has 2 N–H and O–H groups in total. The fourth-order valence-electron chi connectivity index (χ4n) is 2.20. The van der Waals surface area contributed by atoms with E-state index in [0.29, 0.717) is 16.4 Å². The SMILES string of the molecule is COc1ccc(C)cc1Nc1ccc(NC(=O)c2cccs2)cn1. The Morgan fingerprint density at radius 2 is 2.08 bits per heavy atom. The van der Waals surface area contributed by atoms with Crippen molar-refractivity contribution in [1.82, 2.24) is 4.98 Å². The van der Waals surface area contributed by atoms with E-state index < -0.39 is 0 Å². The molecule has 1 aromatic carbocycles. The first kappa shape index (κ1) is 16.0. The average molecular weight is 339 g/mol. The fraction of sp³-hybridized carbons (Fsp3) is 0.111. The number of methoxy groups -OCH3 is 1. The highest BCUT2D eigenvalue weighted by molar-refractivity contribution is 7.12. The maximum absolute atomic E-state index is 12.0. The number of pyridine rings is 1. The standard InChI is InChI=1S/C18H17N3O2S/c1-12-5-7-15(23-2)14(10-12)21-17-8-6-13(11-19-17)20-18(22)16-4-3-9-24-16/h3-11H,1-2H3,(H,19,21)(H,20,22). The summed E-state index contributed by atoms with van der Waals surface area (Å²) in [6.45, 7) is 2.02. The molecule has 3 aromatic rings. The molecular formula is C18H17N3O2S. The molecule has 0 aliphatic carbocycles. The maximum Gasteiger partial charge on any atom is 0.265 e. The molecule has 24 heavy (non-hydrogen) atoms. The van der Waals surface area contributed by atoms with Crippen molar-refractivity contribution in [3.8, 4) is 5.75 Å². The summed E-state index contributed by atoms with van der Waals surface area (Å²) < 4.78 is 5.34. The third-order valence-corrected chi connectivity index (χ3v) is 4.25. The van der Waals surface area contributed by atoms with Gasteiger partial charge in [-0.25, -0.2) is 4.98 Å². The number of nitrogens with one attached hydrogen (secondary N) is 2. The Balaban J connectivity index is 1.71. The molecule has 1 amide bonds. The van der Waals surface area contributed by atoms with Crippen LogP contribution >= 0.6 is 11.3 Å². The maximum atomic E-state index is 12.0. The molecule has 5 nitrogen and oxygen atoms in total. The molecule has 0 spiro atoms. The molecule has 6 heteroatoms. The highest BCUT2D eigenvalue weighted by atomic mass is 32.1. The summed E-state index contributed by atoms with van der Waals surface area (Å²) in [5.74, 6) is 1.29. The van der Waals surface area contributed by atoms with Crippen LogP contribution in [0.1, 0.15) is 15.2 Å². The van der Waals surface area contributed by atoms with Gasteiger partial charge in [-0.15, -0.1) is 11.3 Å². The smallest absolute Gasteiger partial charge is 0.265 e. The second-order valence-corrected chi connectivity index (χ2v) is 6.14. The predicted octanol–water partition coefficient (Wildman–Crippen LogP) is 4.46. The number of carbonyl (C=O) groups excluding carboxylic acids is 1. The van der Waals surface area contributed by atoms with Crippen LogP contribution in [0.4, 0.5) is 17.2 Å². The van der Waals surface area contributed by atoms with Crippen molar-refractivity contribution in [2.45, 2.75) is 6.92 Å². The molecule has 0 aliphatic rings. The Morgan fingerprint density at radius 3 is 2.75 bits per heavy atom. The molecule has 0 aliphatic heterocycles. The molecule has 0 saturated heterocycles. The van der Waals surface area contributed by atoms with Crippen molar-refractivity contribution >= 4 is 34.4 Å². The molecule has 0 radical (unpaired) electrons. The van der Waals surface area contributed by atoms with Crippen LogP contribution < -0.4 is 15.4 Å². The Kier molecular flexibility index (Phi) is 4.77. The van der Waals surface area contributed by atoms with Crippen LogP contribution in [-0.4, -0.2) is 18.0 Å². The van der Waals surface area contributed by atoms with E-state index >= 15 is 0 Å². The van der Waals surface area contributed by atoms with Gasteiger partial charge in [0.25, 0.3) is 5.91 Å². The summed E-state index contributed by atoms with van der Waals surface area (Å²) in [6, 6.07) is 13.1. The summed E-state index contributed by atoms with van der Waals surface area (Å²) in [5.41, 5.74) is 2.62. The molecule has 0 bridgehead atoms. The minimum Gasteiger partial charge on any atom is -0.495 e. The van der Waals surface area contributed by atoms with Crippen LogP contribution in [0.15, 0.2) is 54.0 Å². The van der Waals surface area contributed by atoms with E-state index in [2.05, 4.69) is 15.6 Å². The number of aryl methyl sites for hydroxylation is 1. The number of ether oxygens (including phenoxy) is 1. The van der Waals surface area contributed by atoms with Crippen LogP contribution in [0.25, 0.3) is 0 Å². The molecule has 0 unspecified atom stereocenters. The van der Waals surface area contributed by atoms with Gasteiger partial charge in [-0.05, 0) is 48.2 Å². The normalized spacial score (nSPS) is 10.2. The molecule has 0 fully saturated rings. The second-order valence-electron chi connectivity index (χ2n) is 5.19. The van der Waals surface area contributed by atoms with E-state index in [1.165, 1.54) is 11.3 Å². The number of thiophene rings is 1. The van der Waals surface area contributed by atoms with E-state index in [1.807, 2.05) is 48.7 Å². The first-order valence-electron chi connectivity index (χ1n) is 7.38. The van der Waals surface area contributed by atoms with E-state index in [1.54, 1.807) is 19.4 Å². The number of hydrogen-bond donors (Lipinski definition) is 2. The number of hydrogen-bond acceptors (Lipinski definition) is 5. The van der Waals surface area contributed by atoms with Gasteiger partial charge in [-0.1, -0.05) is 12.1 Å². The Bertz CT molecular complexity index is 830. The van der Waals surface area contributed by atoms with Gasteiger partial charge in [0.05, 0.1) is 29.6 Å². The fourth-order valence-corrected chi connectivity index (χ4v) is 2.82. The van der Waals surface area contributed by atoms with Gasteiger partial charge in [-0.2, -0.15) is 0 Å². The minimum atomic E-state index is -0.132. The minimum absolute atomic E-state index is 0.132. The molecule has 122 valence electrons. The zero-order valence-electron chi connectivity index (χ0n) is 13.4. The Morgan fingerprint density at radius 1 is 1.21 bits per heavy atom. The van der Waals surface area contributed by atoms with Crippen molar-refractivity contribution in [3.05, 3.63) is 64.5 Å². The van der Waals surface area contributed by atoms with Gasteiger partial charge >= 0.3 is 0 Å². The van der Waals surface area contributed by atoms with E-state index in [4.69, 9.17) is 4.74 Å². The van der Waals surface area contributed by atoms with E-state index in [9.17, 15) is 4.79 Å². The lowest BCUT2D eigenvalue weighted by Crippen LogP contribution is -2.10. The predicted molar refractivity (Wildman–Crippen MR) is 97.5 cm³/mol. The van der Waals surface area contributed by atoms with Crippen LogP contribution in [0.3, 0.4) is 0 Å². The Labute approximate surface area is 144 Å². The van der Waals surface area contributed by atoms with Crippen molar-refractivity contribution < 1.29 is 9.53 Å². The zero-order valence-corrected chi connectivity index (χ0v) is 14.2. The Hall–Kier alpha value is -2.86. The van der Waals surface area contributed by atoms with Crippen molar-refractivity contribution in [2.75, 3.05) is 17.7 Å². The lowest BCUT2D eigenvalue weighted by atomic mass is 10.2. The van der Waals surface area contributed by atoms with Crippen molar-refractivity contribution in [3.63, 3.8) is 0 Å². The monoisotopic (exact) mass is 339 g/mol. The zero-order chi connectivity index (χ0) is 16.9. The lowest BCUT2D eigenvalue weighted by Gasteiger charge is -2.12. The summed E-state index contributed by atoms with van der Waals surface area (Å²) in [4.78, 5) is 17.0. The second kappa shape index (κ2) is 7.14. The number of carbonyl (C=O) groups is 1. The molecule has 2 heterocycles. The number of rotatable bonds is 5.